The van der Waals surface area contributed by atoms with E-state index in [2.05, 4.69) is 5.32 Å². The van der Waals surface area contributed by atoms with Crippen LogP contribution in [-0.2, 0) is 16.2 Å². The Bertz CT molecular complexity index is 1390. The molecule has 1 N–H and O–H groups in total. The lowest BCUT2D eigenvalue weighted by atomic mass is 10.2. The molecule has 0 aliphatic carbocycles. The molecule has 2 aromatic carbocycles. The van der Waals surface area contributed by atoms with Crippen molar-refractivity contribution in [3.8, 4) is 11.5 Å². The molecule has 3 aromatic rings. The number of rotatable bonds is 8. The maximum absolute atomic E-state index is 13.4. The predicted octanol–water partition coefficient (Wildman–Crippen LogP) is 6.56. The summed E-state index contributed by atoms with van der Waals surface area (Å²) in [6.45, 7) is 2.16. The summed E-state index contributed by atoms with van der Waals surface area (Å²) in [7, 11) is -1.60. The van der Waals surface area contributed by atoms with Gasteiger partial charge in [-0.1, -0.05) is 23.2 Å². The molecule has 3 rings (SSSR count). The zero-order valence-electron chi connectivity index (χ0n) is 18.9. The standard InChI is InChI=1S/C22H19Cl2F3N2O5S2/c1-4-34-16-8-6-13(10-17(16)33-3)29(2)36(31,32)18-11-19(24)35-20(18)21(30)28-12-5-7-14(15(23)9-12)22(25,26)27/h5-11H,4H2,1-3H3,(H,28,30). The molecule has 36 heavy (non-hydrogen) atoms. The van der Waals surface area contributed by atoms with E-state index < -0.39 is 32.7 Å². The topological polar surface area (TPSA) is 84.9 Å². The highest BCUT2D eigenvalue weighted by Crippen LogP contribution is 2.38. The molecule has 0 unspecified atom stereocenters. The summed E-state index contributed by atoms with van der Waals surface area (Å²) >= 11 is 12.4. The highest BCUT2D eigenvalue weighted by atomic mass is 35.5. The number of halogens is 5. The van der Waals surface area contributed by atoms with Gasteiger partial charge in [0.05, 0.1) is 34.3 Å². The van der Waals surface area contributed by atoms with Crippen molar-refractivity contribution < 1.29 is 35.9 Å². The van der Waals surface area contributed by atoms with E-state index in [0.29, 0.717) is 35.5 Å². The number of nitrogens with one attached hydrogen (secondary N) is 1. The number of nitrogens with zero attached hydrogens (tertiary/aromatic N) is 1. The molecule has 0 saturated heterocycles. The lowest BCUT2D eigenvalue weighted by molar-refractivity contribution is -0.137. The van der Waals surface area contributed by atoms with Crippen LogP contribution in [0.5, 0.6) is 11.5 Å². The third-order valence-electron chi connectivity index (χ3n) is 4.86. The maximum atomic E-state index is 13.4. The van der Waals surface area contributed by atoms with Crippen molar-refractivity contribution in [2.75, 3.05) is 30.4 Å². The van der Waals surface area contributed by atoms with Crippen LogP contribution >= 0.6 is 34.5 Å². The molecule has 0 aliphatic heterocycles. The first-order chi connectivity index (χ1) is 16.8. The van der Waals surface area contributed by atoms with Gasteiger partial charge in [-0.3, -0.25) is 9.10 Å². The second-order valence-electron chi connectivity index (χ2n) is 7.13. The average molecular weight is 583 g/mol. The Morgan fingerprint density at radius 1 is 1.11 bits per heavy atom. The zero-order valence-corrected chi connectivity index (χ0v) is 22.1. The third kappa shape index (κ3) is 5.83. The second kappa shape index (κ2) is 10.8. The first kappa shape index (κ1) is 27.9. The van der Waals surface area contributed by atoms with Crippen LogP contribution in [0.3, 0.4) is 0 Å². The molecule has 0 aliphatic rings. The van der Waals surface area contributed by atoms with E-state index >= 15 is 0 Å². The molecular formula is C22H19Cl2F3N2O5S2. The van der Waals surface area contributed by atoms with E-state index in [0.717, 1.165) is 22.5 Å². The van der Waals surface area contributed by atoms with Gasteiger partial charge >= 0.3 is 6.18 Å². The minimum Gasteiger partial charge on any atom is -0.493 e. The molecule has 0 atom stereocenters. The highest BCUT2D eigenvalue weighted by molar-refractivity contribution is 7.93. The Balaban J connectivity index is 1.94. The summed E-state index contributed by atoms with van der Waals surface area (Å²) in [5, 5.41) is 1.74. The van der Waals surface area contributed by atoms with Gasteiger partial charge in [0.1, 0.15) is 9.77 Å². The van der Waals surface area contributed by atoms with E-state index in [9.17, 15) is 26.4 Å². The number of ether oxygens (including phenoxy) is 2. The minimum atomic E-state index is -4.67. The molecule has 1 aromatic heterocycles. The number of thiophene rings is 1. The number of carbonyl (C=O) groups is 1. The summed E-state index contributed by atoms with van der Waals surface area (Å²) < 4.78 is 77.3. The smallest absolute Gasteiger partial charge is 0.417 e. The number of carbonyl (C=O) groups excluding carboxylic acids is 1. The van der Waals surface area contributed by atoms with Crippen molar-refractivity contribution in [1.82, 2.24) is 0 Å². The second-order valence-corrected chi connectivity index (χ2v) is 11.2. The van der Waals surface area contributed by atoms with Crippen LogP contribution in [0.4, 0.5) is 24.5 Å². The molecule has 0 saturated carbocycles. The van der Waals surface area contributed by atoms with Crippen molar-refractivity contribution in [3.05, 3.63) is 62.3 Å². The van der Waals surface area contributed by atoms with Gasteiger partial charge in [0.15, 0.2) is 11.5 Å². The van der Waals surface area contributed by atoms with Gasteiger partial charge in [-0.05, 0) is 43.3 Å². The molecule has 14 heteroatoms. The summed E-state index contributed by atoms with van der Waals surface area (Å²) in [6.07, 6.45) is -4.67. The number of methoxy groups -OCH3 is 1. The highest BCUT2D eigenvalue weighted by Gasteiger charge is 2.34. The predicted molar refractivity (Wildman–Crippen MR) is 133 cm³/mol. The zero-order chi connectivity index (χ0) is 26.8. The molecule has 0 bridgehead atoms. The van der Waals surface area contributed by atoms with Crippen LogP contribution in [0.25, 0.3) is 0 Å². The Morgan fingerprint density at radius 2 is 1.81 bits per heavy atom. The van der Waals surface area contributed by atoms with Gasteiger partial charge in [0.25, 0.3) is 15.9 Å². The van der Waals surface area contributed by atoms with Crippen molar-refractivity contribution in [1.29, 1.82) is 0 Å². The fraction of sp³-hybridized carbons (Fsp3) is 0.227. The Kier molecular flexibility index (Phi) is 8.33. The maximum Gasteiger partial charge on any atom is 0.417 e. The number of anilines is 2. The monoisotopic (exact) mass is 582 g/mol. The molecule has 1 heterocycles. The number of sulfonamides is 1. The Labute approximate surface area is 219 Å². The van der Waals surface area contributed by atoms with Crippen LogP contribution in [0.15, 0.2) is 47.4 Å². The molecule has 0 spiro atoms. The quantitative estimate of drug-likeness (QED) is 0.325. The molecule has 7 nitrogen and oxygen atoms in total. The molecular weight excluding hydrogens is 564 g/mol. The fourth-order valence-electron chi connectivity index (χ4n) is 3.12. The van der Waals surface area contributed by atoms with Gasteiger partial charge in [-0.2, -0.15) is 13.2 Å². The number of amides is 1. The summed E-state index contributed by atoms with van der Waals surface area (Å²) in [5.41, 5.74) is -0.911. The Hall–Kier alpha value is -2.67. The van der Waals surface area contributed by atoms with Crippen molar-refractivity contribution >= 4 is 61.8 Å². The van der Waals surface area contributed by atoms with Crippen molar-refractivity contribution in [3.63, 3.8) is 0 Å². The molecule has 0 fully saturated rings. The van der Waals surface area contributed by atoms with E-state index in [4.69, 9.17) is 32.7 Å². The first-order valence-corrected chi connectivity index (χ1v) is 13.1. The summed E-state index contributed by atoms with van der Waals surface area (Å²) in [6, 6.07) is 8.27. The van der Waals surface area contributed by atoms with Gasteiger partial charge < -0.3 is 14.8 Å². The normalized spacial score (nSPS) is 11.8. The van der Waals surface area contributed by atoms with Gasteiger partial charge in [0.2, 0.25) is 0 Å². The van der Waals surface area contributed by atoms with Crippen LogP contribution < -0.4 is 19.1 Å². The molecule has 1 amide bonds. The van der Waals surface area contributed by atoms with E-state index in [-0.39, 0.29) is 25.5 Å². The number of benzene rings is 2. The van der Waals surface area contributed by atoms with E-state index in [1.165, 1.54) is 26.3 Å². The summed E-state index contributed by atoms with van der Waals surface area (Å²) in [5.74, 6) is -0.167. The molecule has 0 radical (unpaired) electrons. The molecule has 194 valence electrons. The lowest BCUT2D eigenvalue weighted by Gasteiger charge is -2.21. The van der Waals surface area contributed by atoms with Gasteiger partial charge in [0, 0.05) is 18.8 Å². The SMILES string of the molecule is CCOc1ccc(N(C)S(=O)(=O)c2cc(Cl)sc2C(=O)Nc2ccc(C(F)(F)F)c(Cl)c2)cc1OC. The largest absolute Gasteiger partial charge is 0.493 e. The van der Waals surface area contributed by atoms with Crippen LogP contribution in [-0.4, -0.2) is 35.1 Å². The average Bonchev–Trinajstić information content (AvgIpc) is 3.21. The van der Waals surface area contributed by atoms with Crippen LogP contribution in [0, 0.1) is 0 Å². The van der Waals surface area contributed by atoms with Gasteiger partial charge in [-0.25, -0.2) is 8.42 Å². The van der Waals surface area contributed by atoms with Crippen molar-refractivity contribution in [2.24, 2.45) is 0 Å². The third-order valence-corrected chi connectivity index (χ3v) is 8.37. The Morgan fingerprint density at radius 3 is 2.39 bits per heavy atom. The van der Waals surface area contributed by atoms with Crippen LogP contribution in [0.2, 0.25) is 9.36 Å². The number of alkyl halides is 3. The minimum absolute atomic E-state index is 0.0156. The summed E-state index contributed by atoms with van der Waals surface area (Å²) in [4.78, 5) is 12.3. The number of hydrogen-bond donors (Lipinski definition) is 1. The number of hydrogen-bond acceptors (Lipinski definition) is 6. The van der Waals surface area contributed by atoms with Crippen molar-refractivity contribution in [2.45, 2.75) is 18.0 Å². The van der Waals surface area contributed by atoms with E-state index in [1.807, 2.05) is 0 Å². The van der Waals surface area contributed by atoms with Gasteiger partial charge in [-0.15, -0.1) is 11.3 Å². The first-order valence-electron chi connectivity index (χ1n) is 10.1. The fourth-order valence-corrected chi connectivity index (χ4v) is 6.28. The van der Waals surface area contributed by atoms with E-state index in [1.54, 1.807) is 13.0 Å². The lowest BCUT2D eigenvalue weighted by Crippen LogP contribution is -2.28. The van der Waals surface area contributed by atoms with Crippen LogP contribution in [0.1, 0.15) is 22.2 Å².